The van der Waals surface area contributed by atoms with E-state index in [4.69, 9.17) is 9.15 Å². The molecular weight excluding hydrogens is 384 g/mol. The monoisotopic (exact) mass is 406 g/mol. The molecule has 0 unspecified atom stereocenters. The molecule has 5 nitrogen and oxygen atoms in total. The molecule has 0 saturated carbocycles. The number of benzene rings is 1. The van der Waals surface area contributed by atoms with Crippen LogP contribution < -0.4 is 4.90 Å². The van der Waals surface area contributed by atoms with Crippen LogP contribution in [0, 0.1) is 0 Å². The van der Waals surface area contributed by atoms with Crippen molar-refractivity contribution in [2.45, 2.75) is 26.4 Å². The van der Waals surface area contributed by atoms with E-state index in [9.17, 15) is 4.79 Å². The molecule has 134 valence electrons. The van der Waals surface area contributed by atoms with E-state index in [1.165, 1.54) is 0 Å². The first-order valence-electron chi connectivity index (χ1n) is 8.40. The Kier molecular flexibility index (Phi) is 5.08. The normalized spacial score (nSPS) is 15.4. The van der Waals surface area contributed by atoms with Crippen molar-refractivity contribution in [2.24, 2.45) is 0 Å². The SMILES string of the molecule is CC(C)(C)OC(=O)N1CCN(c2ccc(-c3ccco3)cc2Br)CC1. The van der Waals surface area contributed by atoms with Crippen molar-refractivity contribution in [1.82, 2.24) is 4.90 Å². The molecule has 2 aromatic rings. The molecule has 0 radical (unpaired) electrons. The molecular formula is C19H23BrN2O3. The van der Waals surface area contributed by atoms with E-state index in [1.54, 1.807) is 11.2 Å². The maximum absolute atomic E-state index is 12.2. The average molecular weight is 407 g/mol. The zero-order valence-electron chi connectivity index (χ0n) is 14.8. The molecule has 1 aliphatic heterocycles. The summed E-state index contributed by atoms with van der Waals surface area (Å²) in [6.45, 7) is 8.52. The second-order valence-electron chi connectivity index (χ2n) is 7.10. The van der Waals surface area contributed by atoms with Gasteiger partial charge in [0.1, 0.15) is 11.4 Å². The van der Waals surface area contributed by atoms with Crippen LogP contribution in [0.15, 0.2) is 45.5 Å². The summed E-state index contributed by atoms with van der Waals surface area (Å²) in [6.07, 6.45) is 1.44. The number of hydrogen-bond acceptors (Lipinski definition) is 4. The highest BCUT2D eigenvalue weighted by Gasteiger charge is 2.26. The van der Waals surface area contributed by atoms with E-state index in [0.29, 0.717) is 13.1 Å². The molecule has 0 N–H and O–H groups in total. The minimum absolute atomic E-state index is 0.237. The Morgan fingerprint density at radius 3 is 2.44 bits per heavy atom. The Balaban J connectivity index is 1.64. The predicted molar refractivity (Wildman–Crippen MR) is 102 cm³/mol. The number of piperazine rings is 1. The second-order valence-corrected chi connectivity index (χ2v) is 7.95. The van der Waals surface area contributed by atoms with E-state index < -0.39 is 5.60 Å². The number of hydrogen-bond donors (Lipinski definition) is 0. The van der Waals surface area contributed by atoms with Gasteiger partial charge in [-0.2, -0.15) is 0 Å². The number of carbonyl (C=O) groups is 1. The maximum atomic E-state index is 12.2. The second kappa shape index (κ2) is 7.12. The van der Waals surface area contributed by atoms with E-state index in [1.807, 2.05) is 32.9 Å². The van der Waals surface area contributed by atoms with Crippen molar-refractivity contribution >= 4 is 27.7 Å². The number of carbonyl (C=O) groups excluding carboxylic acids is 1. The molecule has 6 heteroatoms. The summed E-state index contributed by atoms with van der Waals surface area (Å²) in [5.41, 5.74) is 1.70. The van der Waals surface area contributed by atoms with Crippen LogP contribution in [-0.2, 0) is 4.74 Å². The lowest BCUT2D eigenvalue weighted by molar-refractivity contribution is 0.0240. The van der Waals surface area contributed by atoms with Crippen molar-refractivity contribution in [3.05, 3.63) is 41.1 Å². The number of anilines is 1. The van der Waals surface area contributed by atoms with Gasteiger partial charge in [-0.05, 0) is 67.0 Å². The highest BCUT2D eigenvalue weighted by molar-refractivity contribution is 9.10. The van der Waals surface area contributed by atoms with E-state index in [-0.39, 0.29) is 6.09 Å². The molecule has 2 heterocycles. The number of amides is 1. The molecule has 1 aromatic heterocycles. The van der Waals surface area contributed by atoms with Gasteiger partial charge >= 0.3 is 6.09 Å². The van der Waals surface area contributed by atoms with Crippen LogP contribution in [0.3, 0.4) is 0 Å². The lowest BCUT2D eigenvalue weighted by atomic mass is 10.1. The minimum Gasteiger partial charge on any atom is -0.464 e. The predicted octanol–water partition coefficient (Wildman–Crippen LogP) is 4.77. The number of furan rings is 1. The number of nitrogens with zero attached hydrogens (tertiary/aromatic N) is 2. The van der Waals surface area contributed by atoms with Gasteiger partial charge in [-0.1, -0.05) is 0 Å². The average Bonchev–Trinajstić information content (AvgIpc) is 3.08. The molecule has 1 fully saturated rings. The summed E-state index contributed by atoms with van der Waals surface area (Å²) in [5.74, 6) is 0.849. The molecule has 1 saturated heterocycles. The zero-order valence-corrected chi connectivity index (χ0v) is 16.4. The van der Waals surface area contributed by atoms with Gasteiger partial charge in [0.2, 0.25) is 0 Å². The van der Waals surface area contributed by atoms with Crippen molar-refractivity contribution in [2.75, 3.05) is 31.1 Å². The van der Waals surface area contributed by atoms with Gasteiger partial charge in [0.05, 0.1) is 12.0 Å². The molecule has 0 spiro atoms. The van der Waals surface area contributed by atoms with Crippen LogP contribution in [0.25, 0.3) is 11.3 Å². The smallest absolute Gasteiger partial charge is 0.410 e. The molecule has 1 amide bonds. The molecule has 0 aliphatic carbocycles. The Labute approximate surface area is 156 Å². The summed E-state index contributed by atoms with van der Waals surface area (Å²) in [5, 5.41) is 0. The van der Waals surface area contributed by atoms with Crippen LogP contribution in [0.4, 0.5) is 10.5 Å². The highest BCUT2D eigenvalue weighted by atomic mass is 79.9. The summed E-state index contributed by atoms with van der Waals surface area (Å²) in [4.78, 5) is 16.2. The summed E-state index contributed by atoms with van der Waals surface area (Å²) in [6, 6.07) is 10.0. The van der Waals surface area contributed by atoms with Crippen molar-refractivity contribution in [3.8, 4) is 11.3 Å². The van der Waals surface area contributed by atoms with Gasteiger partial charge in [-0.25, -0.2) is 4.79 Å². The fourth-order valence-corrected chi connectivity index (χ4v) is 3.45. The van der Waals surface area contributed by atoms with Crippen LogP contribution >= 0.6 is 15.9 Å². The first-order valence-corrected chi connectivity index (χ1v) is 9.19. The van der Waals surface area contributed by atoms with Crippen molar-refractivity contribution in [3.63, 3.8) is 0 Å². The third-order valence-corrected chi connectivity index (χ3v) is 4.66. The van der Waals surface area contributed by atoms with Gasteiger partial charge in [0.15, 0.2) is 0 Å². The van der Waals surface area contributed by atoms with Crippen molar-refractivity contribution < 1.29 is 13.9 Å². The lowest BCUT2D eigenvalue weighted by Gasteiger charge is -2.37. The number of rotatable bonds is 2. The van der Waals surface area contributed by atoms with Crippen LogP contribution in [0.5, 0.6) is 0 Å². The van der Waals surface area contributed by atoms with Crippen LogP contribution in [-0.4, -0.2) is 42.8 Å². The van der Waals surface area contributed by atoms with Crippen LogP contribution in [0.2, 0.25) is 0 Å². The molecule has 0 bridgehead atoms. The molecule has 25 heavy (non-hydrogen) atoms. The van der Waals surface area contributed by atoms with Gasteiger partial charge in [-0.3, -0.25) is 0 Å². The van der Waals surface area contributed by atoms with Gasteiger partial charge in [0, 0.05) is 36.2 Å². The van der Waals surface area contributed by atoms with Gasteiger partial charge in [-0.15, -0.1) is 0 Å². The largest absolute Gasteiger partial charge is 0.464 e. The van der Waals surface area contributed by atoms with E-state index in [0.717, 1.165) is 34.6 Å². The number of halogens is 1. The molecule has 1 aromatic carbocycles. The lowest BCUT2D eigenvalue weighted by Crippen LogP contribution is -2.50. The Morgan fingerprint density at radius 2 is 1.88 bits per heavy atom. The number of ether oxygens (including phenoxy) is 1. The quantitative estimate of drug-likeness (QED) is 0.720. The molecule has 1 aliphatic rings. The Hall–Kier alpha value is -1.95. The minimum atomic E-state index is -0.459. The first-order chi connectivity index (χ1) is 11.8. The fourth-order valence-electron chi connectivity index (χ4n) is 2.82. The third kappa shape index (κ3) is 4.37. The highest BCUT2D eigenvalue weighted by Crippen LogP contribution is 2.32. The summed E-state index contributed by atoms with van der Waals surface area (Å²) >= 11 is 3.66. The van der Waals surface area contributed by atoms with E-state index in [2.05, 4.69) is 39.0 Å². The summed E-state index contributed by atoms with van der Waals surface area (Å²) in [7, 11) is 0. The topological polar surface area (TPSA) is 45.9 Å². The maximum Gasteiger partial charge on any atom is 0.410 e. The van der Waals surface area contributed by atoms with Crippen LogP contribution in [0.1, 0.15) is 20.8 Å². The third-order valence-electron chi connectivity index (χ3n) is 4.03. The Bertz CT molecular complexity index is 730. The molecule has 3 rings (SSSR count). The van der Waals surface area contributed by atoms with Gasteiger partial charge in [0.25, 0.3) is 0 Å². The first kappa shape index (κ1) is 17.9. The Morgan fingerprint density at radius 1 is 1.16 bits per heavy atom. The summed E-state index contributed by atoms with van der Waals surface area (Å²) < 4.78 is 11.9. The van der Waals surface area contributed by atoms with Gasteiger partial charge < -0.3 is 19.0 Å². The molecule has 0 atom stereocenters. The fraction of sp³-hybridized carbons (Fsp3) is 0.421. The van der Waals surface area contributed by atoms with Crippen molar-refractivity contribution in [1.29, 1.82) is 0 Å². The zero-order chi connectivity index (χ0) is 18.0. The standard InChI is InChI=1S/C19H23BrN2O3/c1-19(2,3)25-18(23)22-10-8-21(9-11-22)16-7-6-14(13-15(16)20)17-5-4-12-24-17/h4-7,12-13H,8-11H2,1-3H3. The van der Waals surface area contributed by atoms with E-state index >= 15 is 0 Å².